The standard InChI is InChI=1S/C25H44O2Si2/c1-24-15-13-19(26-28(3,4)5)17-18(24)9-10-20-21-11-12-23(27-29(6,7)8)25(21,2)16-14-22(20)24/h9,14,19-21,23H,10-13,15-17H2,1-8H3/t19-,20?,21?,23-,24-,25-/m0/s1. The molecule has 0 aromatic carbocycles. The lowest BCUT2D eigenvalue weighted by Crippen LogP contribution is -2.48. The van der Waals surface area contributed by atoms with Gasteiger partial charge in [-0.3, -0.25) is 0 Å². The zero-order chi connectivity index (χ0) is 21.2. The average Bonchev–Trinajstić information content (AvgIpc) is 2.89. The number of hydrogen-bond acceptors (Lipinski definition) is 2. The van der Waals surface area contributed by atoms with E-state index in [-0.39, 0.29) is 0 Å². The van der Waals surface area contributed by atoms with Crippen LogP contribution in [0.5, 0.6) is 0 Å². The van der Waals surface area contributed by atoms with Crippen LogP contribution in [-0.4, -0.2) is 28.8 Å². The second kappa shape index (κ2) is 7.18. The van der Waals surface area contributed by atoms with Gasteiger partial charge >= 0.3 is 0 Å². The van der Waals surface area contributed by atoms with E-state index in [4.69, 9.17) is 8.85 Å². The topological polar surface area (TPSA) is 18.5 Å². The van der Waals surface area contributed by atoms with Gasteiger partial charge in [0, 0.05) is 11.5 Å². The summed E-state index contributed by atoms with van der Waals surface area (Å²) in [5.74, 6) is 1.54. The summed E-state index contributed by atoms with van der Waals surface area (Å²) < 4.78 is 13.2. The first-order chi connectivity index (χ1) is 13.3. The van der Waals surface area contributed by atoms with Crippen molar-refractivity contribution >= 4 is 16.6 Å². The minimum absolute atomic E-state index is 0.293. The minimum Gasteiger partial charge on any atom is -0.414 e. The van der Waals surface area contributed by atoms with Gasteiger partial charge in [-0.1, -0.05) is 37.1 Å². The zero-order valence-electron chi connectivity index (χ0n) is 20.2. The molecule has 0 bridgehead atoms. The average molecular weight is 433 g/mol. The van der Waals surface area contributed by atoms with Gasteiger partial charge in [-0.05, 0) is 101 Å². The molecule has 0 aliphatic heterocycles. The molecule has 4 aliphatic carbocycles. The summed E-state index contributed by atoms with van der Waals surface area (Å²) in [6, 6.07) is 0. The van der Waals surface area contributed by atoms with Gasteiger partial charge in [-0.25, -0.2) is 0 Å². The van der Waals surface area contributed by atoms with Crippen LogP contribution in [0.3, 0.4) is 0 Å². The Morgan fingerprint density at radius 1 is 0.897 bits per heavy atom. The highest BCUT2D eigenvalue weighted by molar-refractivity contribution is 6.70. The molecule has 4 heteroatoms. The van der Waals surface area contributed by atoms with Crippen molar-refractivity contribution in [2.45, 2.75) is 110 Å². The lowest BCUT2D eigenvalue weighted by molar-refractivity contribution is 0.0257. The van der Waals surface area contributed by atoms with Gasteiger partial charge in [0.25, 0.3) is 0 Å². The Bertz CT molecular complexity index is 713. The van der Waals surface area contributed by atoms with Gasteiger partial charge in [0.15, 0.2) is 16.6 Å². The van der Waals surface area contributed by atoms with Crippen LogP contribution in [-0.2, 0) is 8.85 Å². The van der Waals surface area contributed by atoms with Crippen molar-refractivity contribution in [3.05, 3.63) is 23.3 Å². The third-order valence-electron chi connectivity index (χ3n) is 8.36. The Morgan fingerprint density at radius 2 is 1.59 bits per heavy atom. The number of fused-ring (bicyclic) bond motifs is 5. The van der Waals surface area contributed by atoms with Crippen molar-refractivity contribution in [3.63, 3.8) is 0 Å². The molecule has 2 unspecified atom stereocenters. The molecular formula is C25H44O2Si2. The van der Waals surface area contributed by atoms with E-state index in [9.17, 15) is 0 Å². The van der Waals surface area contributed by atoms with Crippen LogP contribution < -0.4 is 0 Å². The third kappa shape index (κ3) is 4.04. The van der Waals surface area contributed by atoms with Gasteiger partial charge in [-0.2, -0.15) is 0 Å². The first kappa shape index (κ1) is 22.0. The monoisotopic (exact) mass is 432 g/mol. The van der Waals surface area contributed by atoms with Crippen molar-refractivity contribution in [3.8, 4) is 0 Å². The quantitative estimate of drug-likeness (QED) is 0.342. The van der Waals surface area contributed by atoms with Crippen molar-refractivity contribution < 1.29 is 8.85 Å². The van der Waals surface area contributed by atoms with Crippen LogP contribution in [0.1, 0.15) is 58.8 Å². The molecule has 2 saturated carbocycles. The molecule has 4 aliphatic rings. The van der Waals surface area contributed by atoms with Crippen LogP contribution >= 0.6 is 0 Å². The molecule has 2 fully saturated rings. The summed E-state index contributed by atoms with van der Waals surface area (Å²) in [6.45, 7) is 19.1. The van der Waals surface area contributed by atoms with Crippen LogP contribution in [0.4, 0.5) is 0 Å². The Labute approximate surface area is 181 Å². The SMILES string of the molecule is C[C@]12CC[C@H](O[Si](C)(C)C)CC1=CCC1C2=CC[C@@]2(C)C1CC[C@@H]2O[Si](C)(C)C. The summed E-state index contributed by atoms with van der Waals surface area (Å²) >= 11 is 0. The molecule has 2 nitrogen and oxygen atoms in total. The van der Waals surface area contributed by atoms with Crippen LogP contribution in [0.15, 0.2) is 23.3 Å². The summed E-state index contributed by atoms with van der Waals surface area (Å²) in [5.41, 5.74) is 4.11. The fraction of sp³-hybridized carbons (Fsp3) is 0.840. The van der Waals surface area contributed by atoms with Gasteiger partial charge in [0.2, 0.25) is 0 Å². The Kier molecular flexibility index (Phi) is 5.46. The van der Waals surface area contributed by atoms with Crippen LogP contribution in [0, 0.1) is 22.7 Å². The van der Waals surface area contributed by atoms with E-state index in [1.165, 1.54) is 38.5 Å². The van der Waals surface area contributed by atoms with E-state index in [1.54, 1.807) is 11.1 Å². The summed E-state index contributed by atoms with van der Waals surface area (Å²) in [5, 5.41) is 0. The second-order valence-corrected chi connectivity index (χ2v) is 21.7. The first-order valence-corrected chi connectivity index (χ1v) is 18.9. The lowest BCUT2D eigenvalue weighted by Gasteiger charge is -2.54. The maximum Gasteiger partial charge on any atom is 0.184 e. The van der Waals surface area contributed by atoms with Crippen molar-refractivity contribution in [2.75, 3.05) is 0 Å². The van der Waals surface area contributed by atoms with E-state index in [0.717, 1.165) is 18.3 Å². The van der Waals surface area contributed by atoms with Crippen molar-refractivity contribution in [1.82, 2.24) is 0 Å². The van der Waals surface area contributed by atoms with Gasteiger partial charge < -0.3 is 8.85 Å². The molecule has 0 N–H and O–H groups in total. The minimum atomic E-state index is -1.50. The molecule has 4 rings (SSSR count). The van der Waals surface area contributed by atoms with E-state index < -0.39 is 16.6 Å². The molecular weight excluding hydrogens is 388 g/mol. The summed E-state index contributed by atoms with van der Waals surface area (Å²) in [7, 11) is -2.97. The van der Waals surface area contributed by atoms with Gasteiger partial charge in [-0.15, -0.1) is 0 Å². The highest BCUT2D eigenvalue weighted by Gasteiger charge is 2.56. The molecule has 0 radical (unpaired) electrons. The molecule has 0 heterocycles. The predicted octanol–water partition coefficient (Wildman–Crippen LogP) is 7.31. The van der Waals surface area contributed by atoms with E-state index >= 15 is 0 Å². The first-order valence-electron chi connectivity index (χ1n) is 12.1. The van der Waals surface area contributed by atoms with Crippen molar-refractivity contribution in [1.29, 1.82) is 0 Å². The van der Waals surface area contributed by atoms with E-state index in [2.05, 4.69) is 65.3 Å². The Morgan fingerprint density at radius 3 is 2.24 bits per heavy atom. The molecule has 0 amide bonds. The van der Waals surface area contributed by atoms with Gasteiger partial charge in [0.1, 0.15) is 0 Å². The molecule has 0 spiro atoms. The van der Waals surface area contributed by atoms with E-state index in [1.807, 2.05) is 0 Å². The van der Waals surface area contributed by atoms with Crippen LogP contribution in [0.2, 0.25) is 39.3 Å². The molecule has 6 atom stereocenters. The molecule has 0 aromatic rings. The predicted molar refractivity (Wildman–Crippen MR) is 128 cm³/mol. The number of rotatable bonds is 4. The lowest BCUT2D eigenvalue weighted by atomic mass is 9.52. The van der Waals surface area contributed by atoms with Crippen LogP contribution in [0.25, 0.3) is 0 Å². The highest BCUT2D eigenvalue weighted by atomic mass is 28.4. The Hall–Kier alpha value is -0.166. The summed E-state index contributed by atoms with van der Waals surface area (Å²) in [4.78, 5) is 0. The second-order valence-electron chi connectivity index (χ2n) is 12.8. The fourth-order valence-electron chi connectivity index (χ4n) is 7.11. The number of hydrogen-bond donors (Lipinski definition) is 0. The zero-order valence-corrected chi connectivity index (χ0v) is 22.2. The maximum absolute atomic E-state index is 6.72. The van der Waals surface area contributed by atoms with E-state index in [0.29, 0.717) is 23.0 Å². The fourth-order valence-corrected chi connectivity index (χ4v) is 9.55. The molecule has 0 saturated heterocycles. The molecule has 0 aromatic heterocycles. The summed E-state index contributed by atoms with van der Waals surface area (Å²) in [6.07, 6.45) is 15.0. The smallest absolute Gasteiger partial charge is 0.184 e. The number of allylic oxidation sites excluding steroid dienone is 3. The van der Waals surface area contributed by atoms with Crippen molar-refractivity contribution in [2.24, 2.45) is 22.7 Å². The Balaban J connectivity index is 1.56. The van der Waals surface area contributed by atoms with Gasteiger partial charge in [0.05, 0.1) is 6.10 Å². The maximum atomic E-state index is 6.72. The highest BCUT2D eigenvalue weighted by Crippen LogP contribution is 2.63. The molecule has 164 valence electrons. The normalized spacial score (nSPS) is 42.5. The largest absolute Gasteiger partial charge is 0.414 e. The molecule has 29 heavy (non-hydrogen) atoms. The third-order valence-corrected chi connectivity index (χ3v) is 10.4.